The number of phenols is 1. The van der Waals surface area contributed by atoms with E-state index in [9.17, 15) is 5.11 Å². The van der Waals surface area contributed by atoms with Crippen LogP contribution in [0.3, 0.4) is 0 Å². The van der Waals surface area contributed by atoms with Gasteiger partial charge in [0, 0.05) is 12.0 Å². The van der Waals surface area contributed by atoms with Crippen molar-refractivity contribution >= 4 is 0 Å². The van der Waals surface area contributed by atoms with Gasteiger partial charge in [-0.3, -0.25) is 0 Å². The standard InChI is InChI=1S/C14H19NO2/c16-13-6-4-11(5-7-13)14-15-9-2-1-3-12(15)8-10-17-14/h4-7,12,14,16H,1-3,8-10H2/p+1/t12-,14-/m1/s1. The zero-order valence-corrected chi connectivity index (χ0v) is 10.1. The lowest BCUT2D eigenvalue weighted by molar-refractivity contribution is -0.991. The summed E-state index contributed by atoms with van der Waals surface area (Å²) in [4.78, 5) is 1.59. The average Bonchev–Trinajstić information content (AvgIpc) is 2.39. The molecule has 3 heteroatoms. The van der Waals surface area contributed by atoms with Gasteiger partial charge in [-0.2, -0.15) is 0 Å². The Labute approximate surface area is 102 Å². The van der Waals surface area contributed by atoms with Crippen molar-refractivity contribution in [3.05, 3.63) is 29.8 Å². The van der Waals surface area contributed by atoms with Gasteiger partial charge in [-0.1, -0.05) is 0 Å². The smallest absolute Gasteiger partial charge is 0.218 e. The Bertz CT molecular complexity index is 374. The van der Waals surface area contributed by atoms with Crippen LogP contribution in [0.15, 0.2) is 24.3 Å². The summed E-state index contributed by atoms with van der Waals surface area (Å²) in [5.74, 6) is 0.328. The van der Waals surface area contributed by atoms with Crippen LogP contribution in [0, 0.1) is 0 Å². The van der Waals surface area contributed by atoms with Crippen molar-refractivity contribution in [2.75, 3.05) is 13.2 Å². The fourth-order valence-corrected chi connectivity index (χ4v) is 3.18. The van der Waals surface area contributed by atoms with Crippen LogP contribution in [-0.4, -0.2) is 24.3 Å². The van der Waals surface area contributed by atoms with Crippen molar-refractivity contribution in [1.82, 2.24) is 0 Å². The van der Waals surface area contributed by atoms with E-state index >= 15 is 0 Å². The number of piperidine rings is 1. The second-order valence-electron chi connectivity index (χ2n) is 5.15. The van der Waals surface area contributed by atoms with Crippen LogP contribution in [0.25, 0.3) is 0 Å². The first-order valence-electron chi connectivity index (χ1n) is 6.61. The maximum absolute atomic E-state index is 9.34. The fraction of sp³-hybridized carbons (Fsp3) is 0.571. The van der Waals surface area contributed by atoms with Crippen LogP contribution < -0.4 is 4.90 Å². The molecule has 1 aromatic carbocycles. The molecule has 0 radical (unpaired) electrons. The fourth-order valence-electron chi connectivity index (χ4n) is 3.18. The maximum Gasteiger partial charge on any atom is 0.218 e. The molecule has 3 nitrogen and oxygen atoms in total. The summed E-state index contributed by atoms with van der Waals surface area (Å²) in [7, 11) is 0. The lowest BCUT2D eigenvalue weighted by Gasteiger charge is -2.41. The Hall–Kier alpha value is -1.06. The minimum absolute atomic E-state index is 0.176. The predicted octanol–water partition coefficient (Wildman–Crippen LogP) is 1.25. The van der Waals surface area contributed by atoms with E-state index in [0.29, 0.717) is 5.75 Å². The molecule has 0 aromatic heterocycles. The highest BCUT2D eigenvalue weighted by Gasteiger charge is 2.37. The van der Waals surface area contributed by atoms with Crippen molar-refractivity contribution in [2.45, 2.75) is 38.0 Å². The molecule has 3 atom stereocenters. The van der Waals surface area contributed by atoms with Crippen molar-refractivity contribution in [3.8, 4) is 5.75 Å². The third-order valence-corrected chi connectivity index (χ3v) is 4.08. The monoisotopic (exact) mass is 234 g/mol. The summed E-state index contributed by atoms with van der Waals surface area (Å²) in [6.07, 6.45) is 5.40. The van der Waals surface area contributed by atoms with Gasteiger partial charge in [0.2, 0.25) is 6.23 Å². The number of ether oxygens (including phenoxy) is 1. The van der Waals surface area contributed by atoms with E-state index in [0.717, 1.165) is 12.6 Å². The Morgan fingerprint density at radius 3 is 2.76 bits per heavy atom. The molecule has 2 aliphatic rings. The van der Waals surface area contributed by atoms with E-state index in [1.165, 1.54) is 37.8 Å². The lowest BCUT2D eigenvalue weighted by Crippen LogP contribution is -3.18. The highest BCUT2D eigenvalue weighted by atomic mass is 16.5. The van der Waals surface area contributed by atoms with Crippen molar-refractivity contribution < 1.29 is 14.7 Å². The van der Waals surface area contributed by atoms with Gasteiger partial charge in [-0.25, -0.2) is 0 Å². The van der Waals surface area contributed by atoms with E-state index < -0.39 is 0 Å². The van der Waals surface area contributed by atoms with Crippen LogP contribution in [0.2, 0.25) is 0 Å². The second-order valence-corrected chi connectivity index (χ2v) is 5.15. The van der Waals surface area contributed by atoms with Crippen LogP contribution in [-0.2, 0) is 4.74 Å². The molecule has 0 spiro atoms. The van der Waals surface area contributed by atoms with E-state index in [1.54, 1.807) is 17.0 Å². The first kappa shape index (κ1) is 11.1. The van der Waals surface area contributed by atoms with Gasteiger partial charge in [0.1, 0.15) is 5.75 Å². The van der Waals surface area contributed by atoms with Gasteiger partial charge >= 0.3 is 0 Å². The number of hydrogen-bond acceptors (Lipinski definition) is 2. The van der Waals surface area contributed by atoms with Crippen LogP contribution >= 0.6 is 0 Å². The Kier molecular flexibility index (Phi) is 3.04. The quantitative estimate of drug-likeness (QED) is 0.767. The topological polar surface area (TPSA) is 33.9 Å². The number of quaternary nitrogens is 1. The molecule has 1 aromatic rings. The zero-order valence-electron chi connectivity index (χ0n) is 10.1. The molecular formula is C14H20NO2+. The molecule has 0 saturated carbocycles. The minimum atomic E-state index is 0.176. The molecule has 0 bridgehead atoms. The number of phenolic OH excluding ortho intramolecular Hbond substituents is 1. The van der Waals surface area contributed by atoms with E-state index in [-0.39, 0.29) is 6.23 Å². The van der Waals surface area contributed by atoms with E-state index in [4.69, 9.17) is 4.74 Å². The first-order chi connectivity index (χ1) is 8.34. The summed E-state index contributed by atoms with van der Waals surface area (Å²) in [6, 6.07) is 8.27. The largest absolute Gasteiger partial charge is 0.508 e. The summed E-state index contributed by atoms with van der Waals surface area (Å²) in [5.41, 5.74) is 1.20. The molecular weight excluding hydrogens is 214 g/mol. The number of hydrogen-bond donors (Lipinski definition) is 2. The van der Waals surface area contributed by atoms with Crippen molar-refractivity contribution in [2.24, 2.45) is 0 Å². The van der Waals surface area contributed by atoms with Crippen molar-refractivity contribution in [1.29, 1.82) is 0 Å². The molecule has 1 unspecified atom stereocenters. The first-order valence-corrected chi connectivity index (χ1v) is 6.61. The Balaban J connectivity index is 1.83. The van der Waals surface area contributed by atoms with E-state index in [2.05, 4.69) is 0 Å². The number of rotatable bonds is 1. The zero-order chi connectivity index (χ0) is 11.7. The SMILES string of the molecule is Oc1ccc([C@H]2OCC[C@H]3CCCC[NH+]32)cc1. The Morgan fingerprint density at radius 1 is 1.12 bits per heavy atom. The van der Waals surface area contributed by atoms with Crippen molar-refractivity contribution in [3.63, 3.8) is 0 Å². The highest BCUT2D eigenvalue weighted by Crippen LogP contribution is 2.21. The summed E-state index contributed by atoms with van der Waals surface area (Å²) >= 11 is 0. The molecule has 2 N–H and O–H groups in total. The third kappa shape index (κ3) is 2.17. The molecule has 2 saturated heterocycles. The molecule has 0 aliphatic carbocycles. The van der Waals surface area contributed by atoms with Gasteiger partial charge in [0.15, 0.2) is 0 Å². The lowest BCUT2D eigenvalue weighted by atomic mass is 9.96. The molecule has 2 heterocycles. The molecule has 2 fully saturated rings. The number of nitrogens with one attached hydrogen (secondary N) is 1. The second kappa shape index (κ2) is 4.67. The van der Waals surface area contributed by atoms with Gasteiger partial charge < -0.3 is 14.7 Å². The van der Waals surface area contributed by atoms with Crippen LogP contribution in [0.5, 0.6) is 5.75 Å². The van der Waals surface area contributed by atoms with Gasteiger partial charge in [0.25, 0.3) is 0 Å². The predicted molar refractivity (Wildman–Crippen MR) is 64.9 cm³/mol. The number of benzene rings is 1. The third-order valence-electron chi connectivity index (χ3n) is 4.08. The number of aromatic hydroxyl groups is 1. The summed E-state index contributed by atoms with van der Waals surface area (Å²) < 4.78 is 5.95. The van der Waals surface area contributed by atoms with E-state index in [1.807, 2.05) is 12.1 Å². The number of fused-ring (bicyclic) bond motifs is 1. The summed E-state index contributed by atoms with van der Waals surface area (Å²) in [6.45, 7) is 2.09. The maximum atomic E-state index is 9.34. The van der Waals surface area contributed by atoms with Crippen LogP contribution in [0.1, 0.15) is 37.5 Å². The van der Waals surface area contributed by atoms with Gasteiger partial charge in [0.05, 0.1) is 19.2 Å². The molecule has 2 aliphatic heterocycles. The van der Waals surface area contributed by atoms with Gasteiger partial charge in [-0.15, -0.1) is 0 Å². The minimum Gasteiger partial charge on any atom is -0.508 e. The Morgan fingerprint density at radius 2 is 1.94 bits per heavy atom. The molecule has 17 heavy (non-hydrogen) atoms. The van der Waals surface area contributed by atoms with Gasteiger partial charge in [-0.05, 0) is 43.5 Å². The summed E-state index contributed by atoms with van der Waals surface area (Å²) in [5, 5.41) is 9.34. The molecule has 0 amide bonds. The molecule has 3 rings (SSSR count). The highest BCUT2D eigenvalue weighted by molar-refractivity contribution is 5.26. The molecule has 92 valence electrons. The average molecular weight is 234 g/mol. The van der Waals surface area contributed by atoms with Crippen LogP contribution in [0.4, 0.5) is 0 Å². The normalized spacial score (nSPS) is 33.1.